The van der Waals surface area contributed by atoms with Crippen LogP contribution in [0.5, 0.6) is 0 Å². The van der Waals surface area contributed by atoms with E-state index in [1.165, 1.54) is 0 Å². The summed E-state index contributed by atoms with van der Waals surface area (Å²) in [4.78, 5) is 0. The zero-order valence-corrected chi connectivity index (χ0v) is 17.5. The monoisotopic (exact) mass is 352 g/mol. The number of allylic oxidation sites excluding steroid dienone is 3. The molecule has 0 radical (unpaired) electrons. The molecule has 0 spiro atoms. The summed E-state index contributed by atoms with van der Waals surface area (Å²) in [5, 5.41) is 0. The molecule has 0 aliphatic carbocycles. The summed E-state index contributed by atoms with van der Waals surface area (Å²) in [7, 11) is 4.43. The summed E-state index contributed by atoms with van der Waals surface area (Å²) in [5.41, 5.74) is -0.722. The third-order valence-corrected chi connectivity index (χ3v) is 9.33. The molecule has 0 aromatic heterocycles. The first kappa shape index (κ1) is 23.3. The second-order valence-electron chi connectivity index (χ2n) is 4.73. The summed E-state index contributed by atoms with van der Waals surface area (Å²) in [6, 6.07) is 0.950. The molecule has 0 aromatic rings. The van der Waals surface area contributed by atoms with Crippen molar-refractivity contribution in [1.29, 1.82) is 0 Å². The average Bonchev–Trinajstić information content (AvgIpc) is 2.45. The van der Waals surface area contributed by atoms with Gasteiger partial charge >= 0.3 is 5.53 Å². The summed E-state index contributed by atoms with van der Waals surface area (Å²) in [6.45, 7) is 11.8. The lowest BCUT2D eigenvalue weighted by atomic mass is 10.4. The van der Waals surface area contributed by atoms with Gasteiger partial charge < -0.3 is 26.6 Å². The van der Waals surface area contributed by atoms with Gasteiger partial charge in [0, 0.05) is 31.6 Å². The second-order valence-corrected chi connectivity index (χ2v) is 9.56. The highest BCUT2D eigenvalue weighted by Crippen LogP contribution is 2.71. The minimum atomic E-state index is -1.73. The molecule has 0 saturated heterocycles. The highest BCUT2D eigenvalue weighted by Gasteiger charge is 2.62. The Morgan fingerprint density at radius 1 is 1.00 bits per heavy atom. The predicted octanol–water partition coefficient (Wildman–Crippen LogP) is -0.689. The first-order valence-electron chi connectivity index (χ1n) is 6.89. The van der Waals surface area contributed by atoms with Crippen LogP contribution in [0.2, 0.25) is 6.04 Å². The van der Waals surface area contributed by atoms with Crippen molar-refractivity contribution in [3.8, 4) is 0 Å². The van der Waals surface area contributed by atoms with E-state index in [0.717, 1.165) is 34.8 Å². The molecule has 6 heteroatoms. The fourth-order valence-corrected chi connectivity index (χ4v) is 8.54. The smallest absolute Gasteiger partial charge is 0.310 e. The van der Waals surface area contributed by atoms with Crippen LogP contribution < -0.4 is 12.4 Å². The highest BCUT2D eigenvalue weighted by atomic mass is 35.5. The van der Waals surface area contributed by atoms with E-state index in [9.17, 15) is 0 Å². The van der Waals surface area contributed by atoms with Crippen molar-refractivity contribution < 1.29 is 26.6 Å². The van der Waals surface area contributed by atoms with Crippen molar-refractivity contribution in [2.24, 2.45) is 0 Å². The minimum Gasteiger partial charge on any atom is -1.00 e. The Bertz CT molecular complexity index is 292. The molecule has 0 aliphatic heterocycles. The first-order valence-corrected chi connectivity index (χ1v) is 10.7. The van der Waals surface area contributed by atoms with Crippen molar-refractivity contribution >= 4 is 17.5 Å². The van der Waals surface area contributed by atoms with Crippen molar-refractivity contribution in [3.05, 3.63) is 38.0 Å². The molecule has 0 fully saturated rings. The van der Waals surface area contributed by atoms with Gasteiger partial charge in [0.05, 0.1) is 25.7 Å². The molecule has 3 nitrogen and oxygen atoms in total. The van der Waals surface area contributed by atoms with Gasteiger partial charge in [0.1, 0.15) is 6.10 Å². The van der Waals surface area contributed by atoms with Gasteiger partial charge in [0.15, 0.2) is 0 Å². The molecule has 0 rings (SSSR count). The van der Waals surface area contributed by atoms with Crippen LogP contribution in [0.25, 0.3) is 0 Å². The molecule has 0 bridgehead atoms. The molecule has 0 saturated carbocycles. The quantitative estimate of drug-likeness (QED) is 0.201. The van der Waals surface area contributed by atoms with Gasteiger partial charge in [-0.1, -0.05) is 38.0 Å². The van der Waals surface area contributed by atoms with E-state index >= 15 is 0 Å². The number of ether oxygens (including phenoxy) is 3. The fourth-order valence-electron chi connectivity index (χ4n) is 2.96. The van der Waals surface area contributed by atoms with Gasteiger partial charge in [-0.25, -0.2) is 0 Å². The van der Waals surface area contributed by atoms with Gasteiger partial charge in [-0.15, -0.1) is 0 Å². The lowest BCUT2D eigenvalue weighted by Crippen LogP contribution is -3.00. The maximum absolute atomic E-state index is 5.94. The van der Waals surface area contributed by atoms with Crippen LogP contribution in [0.15, 0.2) is 38.0 Å². The lowest BCUT2D eigenvalue weighted by molar-refractivity contribution is -0.202. The molecular weight excluding hydrogens is 323 g/mol. The summed E-state index contributed by atoms with van der Waals surface area (Å²) in [5.74, 6) is 0. The van der Waals surface area contributed by atoms with Gasteiger partial charge in [-0.3, -0.25) is 0 Å². The number of hydrogen-bond acceptors (Lipinski definition) is 3. The Labute approximate surface area is 140 Å². The SMILES string of the molecule is C=CC[P+](CC=C)(CC=C)C(OC)(OC)C(C[SiH3])OC.[Cl-]. The van der Waals surface area contributed by atoms with Crippen LogP contribution in [0.3, 0.4) is 0 Å². The van der Waals surface area contributed by atoms with Crippen LogP contribution in [0.1, 0.15) is 0 Å². The van der Waals surface area contributed by atoms with E-state index in [1.54, 1.807) is 21.3 Å². The van der Waals surface area contributed by atoms with E-state index in [1.807, 2.05) is 18.2 Å². The van der Waals surface area contributed by atoms with Gasteiger partial charge in [0.25, 0.3) is 0 Å². The molecule has 124 valence electrons. The van der Waals surface area contributed by atoms with Crippen molar-refractivity contribution in [2.45, 2.75) is 17.7 Å². The largest absolute Gasteiger partial charge is 1.00 e. The van der Waals surface area contributed by atoms with Gasteiger partial charge in [-0.2, -0.15) is 0 Å². The standard InChI is InChI=1S/C15H30O3PSi.ClH/c1-7-10-19(11-8-2,12-9-3)15(17-5,18-6)14(13-20)16-4;/h7-9,14H,1-3,10-13H2,4-6,20H3;1H/q+1;/p-1. The number of methoxy groups -OCH3 is 3. The maximum atomic E-state index is 5.94. The molecule has 21 heavy (non-hydrogen) atoms. The Balaban J connectivity index is 0. The molecule has 1 atom stereocenters. The highest BCUT2D eigenvalue weighted by molar-refractivity contribution is 7.77. The number of halogens is 1. The molecule has 0 aromatic carbocycles. The zero-order valence-electron chi connectivity index (χ0n) is 13.8. The molecule has 0 N–H and O–H groups in total. The van der Waals surface area contributed by atoms with E-state index in [4.69, 9.17) is 14.2 Å². The zero-order chi connectivity index (χ0) is 15.6. The predicted molar refractivity (Wildman–Crippen MR) is 94.4 cm³/mol. The Hall–Kier alpha value is 0.0369. The molecular formula is C15H30ClO3PSi. The van der Waals surface area contributed by atoms with Crippen LogP contribution >= 0.6 is 7.26 Å². The van der Waals surface area contributed by atoms with Gasteiger partial charge in [0.2, 0.25) is 0 Å². The Morgan fingerprint density at radius 3 is 1.57 bits per heavy atom. The van der Waals surface area contributed by atoms with E-state index in [0.29, 0.717) is 0 Å². The lowest BCUT2D eigenvalue weighted by Gasteiger charge is -2.44. The Kier molecular flexibility index (Phi) is 12.9. The Morgan fingerprint density at radius 2 is 1.38 bits per heavy atom. The number of hydrogen-bond donors (Lipinski definition) is 0. The summed E-state index contributed by atoms with van der Waals surface area (Å²) >= 11 is 0. The maximum Gasteiger partial charge on any atom is 0.310 e. The topological polar surface area (TPSA) is 27.7 Å². The summed E-state index contributed by atoms with van der Waals surface area (Å²) in [6.07, 6.45) is 8.35. The van der Waals surface area contributed by atoms with E-state index in [2.05, 4.69) is 19.7 Å². The van der Waals surface area contributed by atoms with Crippen LogP contribution in [0.4, 0.5) is 0 Å². The van der Waals surface area contributed by atoms with Crippen LogP contribution in [-0.2, 0) is 14.2 Å². The first-order chi connectivity index (χ1) is 9.57. The summed E-state index contributed by atoms with van der Waals surface area (Å²) < 4.78 is 17.6. The molecule has 1 unspecified atom stereocenters. The van der Waals surface area contributed by atoms with Crippen molar-refractivity contribution in [1.82, 2.24) is 0 Å². The second kappa shape index (κ2) is 11.6. The third-order valence-electron chi connectivity index (χ3n) is 3.74. The van der Waals surface area contributed by atoms with Crippen LogP contribution in [0, 0.1) is 0 Å². The van der Waals surface area contributed by atoms with Crippen LogP contribution in [-0.4, -0.2) is 61.7 Å². The number of rotatable bonds is 12. The molecule has 0 heterocycles. The average molecular weight is 353 g/mol. The third kappa shape index (κ3) is 4.75. The van der Waals surface area contributed by atoms with Crippen molar-refractivity contribution in [3.63, 3.8) is 0 Å². The molecule has 0 aliphatic rings. The normalized spacial score (nSPS) is 13.3. The van der Waals surface area contributed by atoms with Crippen molar-refractivity contribution in [2.75, 3.05) is 39.8 Å². The molecule has 0 amide bonds. The van der Waals surface area contributed by atoms with Gasteiger partial charge in [-0.05, 0) is 6.04 Å². The minimum absolute atomic E-state index is 0. The van der Waals surface area contributed by atoms with E-state index in [-0.39, 0.29) is 18.5 Å². The fraction of sp³-hybridized carbons (Fsp3) is 0.600. The van der Waals surface area contributed by atoms with E-state index < -0.39 is 12.8 Å².